The summed E-state index contributed by atoms with van der Waals surface area (Å²) in [5.74, 6) is 2.01. The van der Waals surface area contributed by atoms with Crippen molar-refractivity contribution in [1.82, 2.24) is 15.0 Å². The zero-order valence-electron chi connectivity index (χ0n) is 18.5. The van der Waals surface area contributed by atoms with Gasteiger partial charge < -0.3 is 14.4 Å². The number of nitrogens with zero attached hydrogens (tertiary/aromatic N) is 4. The van der Waals surface area contributed by atoms with Crippen molar-refractivity contribution in [2.24, 2.45) is 0 Å². The Hall–Kier alpha value is -2.52. The topological polar surface area (TPSA) is 94.5 Å². The van der Waals surface area contributed by atoms with Gasteiger partial charge in [-0.25, -0.2) is 23.4 Å². The molecule has 0 bridgehead atoms. The minimum absolute atomic E-state index is 0.140. The lowest BCUT2D eigenvalue weighted by Gasteiger charge is -2.34. The van der Waals surface area contributed by atoms with Crippen LogP contribution < -0.4 is 9.64 Å². The van der Waals surface area contributed by atoms with E-state index in [0.717, 1.165) is 29.1 Å². The minimum Gasteiger partial charge on any atom is -0.478 e. The van der Waals surface area contributed by atoms with Crippen molar-refractivity contribution < 1.29 is 17.9 Å². The zero-order valence-corrected chi connectivity index (χ0v) is 19.3. The molecule has 4 heterocycles. The van der Waals surface area contributed by atoms with E-state index in [9.17, 15) is 8.42 Å². The largest absolute Gasteiger partial charge is 0.478 e. The summed E-state index contributed by atoms with van der Waals surface area (Å²) in [6.45, 7) is 6.45. The normalized spacial score (nSPS) is 24.0. The van der Waals surface area contributed by atoms with E-state index in [1.165, 1.54) is 0 Å². The second kappa shape index (κ2) is 8.44. The van der Waals surface area contributed by atoms with Crippen molar-refractivity contribution in [2.45, 2.75) is 44.4 Å². The molecule has 0 spiro atoms. The highest BCUT2D eigenvalue weighted by atomic mass is 32.2. The summed E-state index contributed by atoms with van der Waals surface area (Å²) in [5.41, 5.74) is 3.30. The fourth-order valence-corrected chi connectivity index (χ4v) is 6.56. The first-order chi connectivity index (χ1) is 15.5. The highest BCUT2D eigenvalue weighted by molar-refractivity contribution is 7.91. The molecule has 3 aliphatic rings. The van der Waals surface area contributed by atoms with Crippen molar-refractivity contribution in [3.63, 3.8) is 0 Å². The molecule has 0 radical (unpaired) electrons. The fraction of sp³-hybridized carbons (Fsp3) is 0.522. The van der Waals surface area contributed by atoms with E-state index in [2.05, 4.69) is 22.9 Å². The average molecular weight is 457 g/mol. The zero-order chi connectivity index (χ0) is 22.3. The fourth-order valence-electron chi connectivity index (χ4n) is 4.70. The molecule has 0 aromatic carbocycles. The second-order valence-electron chi connectivity index (χ2n) is 8.50. The number of pyridine rings is 1. The van der Waals surface area contributed by atoms with Crippen LogP contribution in [-0.2, 0) is 21.0 Å². The van der Waals surface area contributed by atoms with Crippen molar-refractivity contribution in [3.8, 4) is 17.3 Å². The maximum absolute atomic E-state index is 12.8. The minimum atomic E-state index is -3.21. The molecule has 2 atom stereocenters. The number of rotatable bonds is 5. The van der Waals surface area contributed by atoms with Gasteiger partial charge >= 0.3 is 0 Å². The van der Waals surface area contributed by atoms with Crippen LogP contribution in [-0.4, -0.2) is 61.5 Å². The molecular formula is C23H28N4O4S. The van der Waals surface area contributed by atoms with Gasteiger partial charge in [0.2, 0.25) is 5.88 Å². The molecule has 32 heavy (non-hydrogen) atoms. The summed E-state index contributed by atoms with van der Waals surface area (Å²) in [7, 11) is -3.21. The maximum Gasteiger partial charge on any atom is 0.214 e. The van der Waals surface area contributed by atoms with E-state index in [-0.39, 0.29) is 11.8 Å². The van der Waals surface area contributed by atoms with Crippen molar-refractivity contribution >= 4 is 21.7 Å². The van der Waals surface area contributed by atoms with Gasteiger partial charge in [-0.15, -0.1) is 0 Å². The van der Waals surface area contributed by atoms with Crippen molar-refractivity contribution in [3.05, 3.63) is 35.2 Å². The lowest BCUT2D eigenvalue weighted by molar-refractivity contribution is 0.0985. The van der Waals surface area contributed by atoms with E-state index in [0.29, 0.717) is 56.6 Å². The highest BCUT2D eigenvalue weighted by Crippen LogP contribution is 2.38. The third kappa shape index (κ3) is 3.88. The quantitative estimate of drug-likeness (QED) is 0.678. The Labute approximate surface area is 188 Å². The second-order valence-corrected chi connectivity index (χ2v) is 10.8. The Bertz CT molecular complexity index is 1160. The third-order valence-electron chi connectivity index (χ3n) is 6.30. The molecule has 9 heteroatoms. The van der Waals surface area contributed by atoms with Crippen molar-refractivity contribution in [2.75, 3.05) is 37.0 Å². The summed E-state index contributed by atoms with van der Waals surface area (Å²) in [6.07, 6.45) is 6.08. The number of allylic oxidation sites excluding steroid dienone is 1. The molecule has 2 aromatic heterocycles. The van der Waals surface area contributed by atoms with Crippen LogP contribution >= 0.6 is 0 Å². The van der Waals surface area contributed by atoms with Gasteiger partial charge in [-0.2, -0.15) is 0 Å². The van der Waals surface area contributed by atoms with E-state index >= 15 is 0 Å². The number of morpholine rings is 1. The van der Waals surface area contributed by atoms with Crippen LogP contribution in [0.2, 0.25) is 0 Å². The first-order valence-electron chi connectivity index (χ1n) is 11.2. The molecule has 0 N–H and O–H groups in total. The molecule has 2 fully saturated rings. The molecule has 1 unspecified atom stereocenters. The number of hydrogen-bond donors (Lipinski definition) is 0. The molecule has 2 saturated heterocycles. The molecular weight excluding hydrogens is 428 g/mol. The Morgan fingerprint density at radius 3 is 2.88 bits per heavy atom. The van der Waals surface area contributed by atoms with E-state index < -0.39 is 15.1 Å². The highest BCUT2D eigenvalue weighted by Gasteiger charge is 2.35. The molecule has 0 saturated carbocycles. The number of fused-ring (bicyclic) bond motifs is 1. The van der Waals surface area contributed by atoms with Crippen molar-refractivity contribution in [1.29, 1.82) is 0 Å². The monoisotopic (exact) mass is 456 g/mol. The number of ether oxygens (including phenoxy) is 2. The van der Waals surface area contributed by atoms with Gasteiger partial charge in [0.15, 0.2) is 15.7 Å². The third-order valence-corrected chi connectivity index (χ3v) is 8.50. The number of hydrogen-bond acceptors (Lipinski definition) is 8. The smallest absolute Gasteiger partial charge is 0.214 e. The van der Waals surface area contributed by atoms with Crippen LogP contribution in [0.3, 0.4) is 0 Å². The van der Waals surface area contributed by atoms with E-state index in [4.69, 9.17) is 19.4 Å². The molecule has 0 amide bonds. The standard InChI is InChI=1S/C23H28N4O4S/c1-3-31-22-12-17(16-6-4-7-18(16)24-22)23-25-19(20-8-5-11-32(20,28)29)13-21(26-23)27-9-10-30-14-15(27)2/h4,6,12-13,15,20H,3,5,7-11,14H2,1-2H3/t15-,20?/m1/s1. The first kappa shape index (κ1) is 21.3. The summed E-state index contributed by atoms with van der Waals surface area (Å²) in [4.78, 5) is 16.5. The summed E-state index contributed by atoms with van der Waals surface area (Å²) in [6, 6.07) is 3.87. The van der Waals surface area contributed by atoms with Crippen LogP contribution in [0.25, 0.3) is 17.5 Å². The molecule has 8 nitrogen and oxygen atoms in total. The molecule has 170 valence electrons. The summed E-state index contributed by atoms with van der Waals surface area (Å²) in [5, 5.41) is -0.587. The SMILES string of the molecule is CCOc1cc(-c2nc(C3CCCS3(=O)=O)cc(N3CCOC[C@H]3C)n2)c2c(n1)CC=C2. The lowest BCUT2D eigenvalue weighted by atomic mass is 10.1. The van der Waals surface area contributed by atoms with Gasteiger partial charge in [-0.1, -0.05) is 12.2 Å². The molecule has 1 aliphatic carbocycles. The van der Waals surface area contributed by atoms with Gasteiger partial charge in [0.25, 0.3) is 0 Å². The number of sulfone groups is 1. The Morgan fingerprint density at radius 1 is 1.25 bits per heavy atom. The van der Waals surface area contributed by atoms with Crippen LogP contribution in [0.15, 0.2) is 18.2 Å². The Kier molecular flexibility index (Phi) is 5.63. The molecule has 5 rings (SSSR count). The summed E-state index contributed by atoms with van der Waals surface area (Å²) >= 11 is 0. The van der Waals surface area contributed by atoms with E-state index in [1.807, 2.05) is 25.1 Å². The Balaban J connectivity index is 1.68. The lowest BCUT2D eigenvalue weighted by Crippen LogP contribution is -2.44. The molecule has 2 aromatic rings. The van der Waals surface area contributed by atoms with E-state index in [1.54, 1.807) is 0 Å². The van der Waals surface area contributed by atoms with Gasteiger partial charge in [-0.05, 0) is 26.7 Å². The average Bonchev–Trinajstić information content (AvgIpc) is 3.39. The van der Waals surface area contributed by atoms with Crippen LogP contribution in [0.5, 0.6) is 5.88 Å². The Morgan fingerprint density at radius 2 is 2.12 bits per heavy atom. The summed E-state index contributed by atoms with van der Waals surface area (Å²) < 4.78 is 36.8. The van der Waals surface area contributed by atoms with Gasteiger partial charge in [-0.3, -0.25) is 0 Å². The van der Waals surface area contributed by atoms with Crippen LogP contribution in [0, 0.1) is 0 Å². The maximum atomic E-state index is 12.8. The van der Waals surface area contributed by atoms with Gasteiger partial charge in [0.05, 0.1) is 43.0 Å². The van der Waals surface area contributed by atoms with Gasteiger partial charge in [0, 0.05) is 36.2 Å². The number of anilines is 1. The van der Waals surface area contributed by atoms with Crippen LogP contribution in [0.1, 0.15) is 48.9 Å². The number of aromatic nitrogens is 3. The van der Waals surface area contributed by atoms with Crippen LogP contribution in [0.4, 0.5) is 5.82 Å². The predicted octanol–water partition coefficient (Wildman–Crippen LogP) is 2.98. The first-order valence-corrected chi connectivity index (χ1v) is 13.0. The van der Waals surface area contributed by atoms with Gasteiger partial charge in [0.1, 0.15) is 11.1 Å². The molecule has 2 aliphatic heterocycles. The predicted molar refractivity (Wildman–Crippen MR) is 123 cm³/mol.